The van der Waals surface area contributed by atoms with E-state index in [2.05, 4.69) is 10.2 Å². The molecule has 1 heterocycles. The van der Waals surface area contributed by atoms with Crippen LogP contribution in [0.1, 0.15) is 24.5 Å². The van der Waals surface area contributed by atoms with Gasteiger partial charge in [-0.3, -0.25) is 4.90 Å². The Hall–Kier alpha value is -2.07. The summed E-state index contributed by atoms with van der Waals surface area (Å²) in [4.78, 5) is 4.35. The molecule has 0 amide bonds. The minimum absolute atomic E-state index is 0.0356. The molecule has 0 aliphatic carbocycles. The smallest absolute Gasteiger partial charge is 0.416 e. The average Bonchev–Trinajstić information content (AvgIpc) is 2.81. The fourth-order valence-electron chi connectivity index (χ4n) is 3.63. The summed E-state index contributed by atoms with van der Waals surface area (Å²) < 4.78 is 49.8. The molecule has 186 valence electrons. The number of nitrogens with one attached hydrogen (secondary N) is 1. The van der Waals surface area contributed by atoms with Gasteiger partial charge in [0, 0.05) is 32.7 Å². The molecule has 3 rings (SSSR count). The Kier molecular flexibility index (Phi) is 9.82. The Morgan fingerprint density at radius 2 is 1.88 bits per heavy atom. The molecule has 0 atom stereocenters. The SMILES string of the molecule is CCOc1ccc(CN(CCCN2CCOCC2)C(=S)Nc2ccc(C(F)(F)F)cc2Cl)cc1. The van der Waals surface area contributed by atoms with Gasteiger partial charge in [-0.15, -0.1) is 0 Å². The quantitative estimate of drug-likeness (QED) is 0.433. The van der Waals surface area contributed by atoms with Gasteiger partial charge in [-0.2, -0.15) is 13.2 Å². The van der Waals surface area contributed by atoms with Crippen molar-refractivity contribution in [3.8, 4) is 5.75 Å². The fraction of sp³-hybridized carbons (Fsp3) is 0.458. The topological polar surface area (TPSA) is 37.0 Å². The molecule has 0 spiro atoms. The van der Waals surface area contributed by atoms with E-state index in [1.165, 1.54) is 6.07 Å². The fourth-order valence-corrected chi connectivity index (χ4v) is 4.12. The first-order valence-corrected chi connectivity index (χ1v) is 12.0. The molecule has 1 N–H and O–H groups in total. The van der Waals surface area contributed by atoms with Crippen molar-refractivity contribution in [2.45, 2.75) is 26.1 Å². The second kappa shape index (κ2) is 12.6. The van der Waals surface area contributed by atoms with E-state index in [0.29, 0.717) is 30.5 Å². The number of anilines is 1. The minimum Gasteiger partial charge on any atom is -0.494 e. The zero-order chi connectivity index (χ0) is 24.6. The lowest BCUT2D eigenvalue weighted by molar-refractivity contribution is -0.137. The van der Waals surface area contributed by atoms with Gasteiger partial charge in [-0.25, -0.2) is 0 Å². The molecule has 0 aromatic heterocycles. The molecular formula is C24H29ClF3N3O2S. The van der Waals surface area contributed by atoms with Crippen LogP contribution in [0.5, 0.6) is 5.75 Å². The van der Waals surface area contributed by atoms with Crippen molar-refractivity contribution in [3.63, 3.8) is 0 Å². The number of hydrogen-bond donors (Lipinski definition) is 1. The van der Waals surface area contributed by atoms with Gasteiger partial charge in [0.1, 0.15) is 5.75 Å². The van der Waals surface area contributed by atoms with Crippen molar-refractivity contribution >= 4 is 34.6 Å². The minimum atomic E-state index is -4.46. The summed E-state index contributed by atoms with van der Waals surface area (Å²) in [6, 6.07) is 11.0. The Balaban J connectivity index is 1.68. The number of ether oxygens (including phenoxy) is 2. The molecule has 0 unspecified atom stereocenters. The molecule has 34 heavy (non-hydrogen) atoms. The maximum Gasteiger partial charge on any atom is 0.416 e. The molecule has 1 aliphatic heterocycles. The summed E-state index contributed by atoms with van der Waals surface area (Å²) in [5.41, 5.74) is 0.577. The lowest BCUT2D eigenvalue weighted by Crippen LogP contribution is -2.40. The highest BCUT2D eigenvalue weighted by Crippen LogP contribution is 2.34. The largest absolute Gasteiger partial charge is 0.494 e. The molecule has 0 saturated carbocycles. The molecule has 0 bridgehead atoms. The van der Waals surface area contributed by atoms with E-state index in [-0.39, 0.29) is 5.02 Å². The lowest BCUT2D eigenvalue weighted by atomic mass is 10.2. The van der Waals surface area contributed by atoms with Crippen LogP contribution >= 0.6 is 23.8 Å². The van der Waals surface area contributed by atoms with E-state index in [0.717, 1.165) is 62.7 Å². The van der Waals surface area contributed by atoms with Crippen LogP contribution in [0.3, 0.4) is 0 Å². The standard InChI is InChI=1S/C24H29ClF3N3O2S/c1-2-33-20-7-4-18(5-8-20)17-31(11-3-10-30-12-14-32-15-13-30)23(34)29-22-9-6-19(16-21(22)25)24(26,27)28/h4-9,16H,2-3,10-15,17H2,1H3,(H,29,34). The third-order valence-electron chi connectivity index (χ3n) is 5.44. The molecule has 5 nitrogen and oxygen atoms in total. The molecule has 10 heteroatoms. The van der Waals surface area contributed by atoms with Crippen LogP contribution in [0.15, 0.2) is 42.5 Å². The van der Waals surface area contributed by atoms with Crippen molar-refractivity contribution in [2.24, 2.45) is 0 Å². The highest BCUT2D eigenvalue weighted by atomic mass is 35.5. The van der Waals surface area contributed by atoms with Gasteiger partial charge in [0.15, 0.2) is 5.11 Å². The van der Waals surface area contributed by atoms with Crippen LogP contribution in [-0.2, 0) is 17.5 Å². The van der Waals surface area contributed by atoms with E-state index in [1.807, 2.05) is 36.1 Å². The Bertz CT molecular complexity index is 938. The van der Waals surface area contributed by atoms with Gasteiger partial charge in [0.25, 0.3) is 0 Å². The van der Waals surface area contributed by atoms with Crippen LogP contribution in [0.4, 0.5) is 18.9 Å². The first-order valence-electron chi connectivity index (χ1n) is 11.2. The first kappa shape index (κ1) is 26.5. The number of alkyl halides is 3. The molecule has 1 aliphatic rings. The van der Waals surface area contributed by atoms with Gasteiger partial charge in [0.2, 0.25) is 0 Å². The second-order valence-corrected chi connectivity index (χ2v) is 8.72. The monoisotopic (exact) mass is 515 g/mol. The molecule has 2 aromatic rings. The summed E-state index contributed by atoms with van der Waals surface area (Å²) in [6.45, 7) is 7.94. The maximum atomic E-state index is 13.0. The molecule has 2 aromatic carbocycles. The maximum absolute atomic E-state index is 13.0. The third kappa shape index (κ3) is 8.01. The van der Waals surface area contributed by atoms with E-state index in [9.17, 15) is 13.2 Å². The van der Waals surface area contributed by atoms with Crippen molar-refractivity contribution in [1.29, 1.82) is 0 Å². The number of morpholine rings is 1. The zero-order valence-electron chi connectivity index (χ0n) is 19.0. The highest BCUT2D eigenvalue weighted by Gasteiger charge is 2.31. The summed E-state index contributed by atoms with van der Waals surface area (Å²) in [5, 5.41) is 3.39. The number of nitrogens with zero attached hydrogens (tertiary/aromatic N) is 2. The lowest BCUT2D eigenvalue weighted by Gasteiger charge is -2.30. The van der Waals surface area contributed by atoms with E-state index in [4.69, 9.17) is 33.3 Å². The van der Waals surface area contributed by atoms with Gasteiger partial charge in [0.05, 0.1) is 36.1 Å². The first-order chi connectivity index (χ1) is 16.3. The Morgan fingerprint density at radius 3 is 2.50 bits per heavy atom. The predicted molar refractivity (Wildman–Crippen MR) is 133 cm³/mol. The Labute approximate surface area is 208 Å². The molecule has 0 radical (unpaired) electrons. The van der Waals surface area contributed by atoms with Gasteiger partial charge in [-0.05, 0) is 61.5 Å². The predicted octanol–water partition coefficient (Wildman–Crippen LogP) is 5.68. The van der Waals surface area contributed by atoms with Crippen molar-refractivity contribution in [1.82, 2.24) is 9.80 Å². The number of hydrogen-bond acceptors (Lipinski definition) is 4. The Morgan fingerprint density at radius 1 is 1.18 bits per heavy atom. The summed E-state index contributed by atoms with van der Waals surface area (Å²) in [5.74, 6) is 0.794. The molecule has 1 fully saturated rings. The number of benzene rings is 2. The highest BCUT2D eigenvalue weighted by molar-refractivity contribution is 7.80. The van der Waals surface area contributed by atoms with Gasteiger partial charge >= 0.3 is 6.18 Å². The van der Waals surface area contributed by atoms with Crippen LogP contribution in [0.2, 0.25) is 5.02 Å². The van der Waals surface area contributed by atoms with E-state index in [1.54, 1.807) is 0 Å². The number of thiocarbonyl (C=S) groups is 1. The summed E-state index contributed by atoms with van der Waals surface area (Å²) in [6.07, 6.45) is -3.58. The second-order valence-electron chi connectivity index (χ2n) is 7.93. The third-order valence-corrected chi connectivity index (χ3v) is 6.11. The van der Waals surface area contributed by atoms with Crippen LogP contribution < -0.4 is 10.1 Å². The van der Waals surface area contributed by atoms with Gasteiger partial charge in [-0.1, -0.05) is 23.7 Å². The number of halogens is 4. The van der Waals surface area contributed by atoms with Crippen molar-refractivity contribution < 1.29 is 22.6 Å². The van der Waals surface area contributed by atoms with Crippen molar-refractivity contribution in [3.05, 3.63) is 58.6 Å². The van der Waals surface area contributed by atoms with Crippen LogP contribution in [0.25, 0.3) is 0 Å². The zero-order valence-corrected chi connectivity index (χ0v) is 20.6. The van der Waals surface area contributed by atoms with Gasteiger partial charge < -0.3 is 19.7 Å². The molecular weight excluding hydrogens is 487 g/mol. The van der Waals surface area contributed by atoms with Crippen molar-refractivity contribution in [2.75, 3.05) is 51.3 Å². The molecule has 1 saturated heterocycles. The normalized spacial score (nSPS) is 14.6. The summed E-state index contributed by atoms with van der Waals surface area (Å²) >= 11 is 11.8. The van der Waals surface area contributed by atoms with E-state index >= 15 is 0 Å². The van der Waals surface area contributed by atoms with Crippen LogP contribution in [-0.4, -0.2) is 60.9 Å². The number of rotatable bonds is 9. The van der Waals surface area contributed by atoms with Crippen LogP contribution in [0, 0.1) is 0 Å². The summed E-state index contributed by atoms with van der Waals surface area (Å²) in [7, 11) is 0. The average molecular weight is 516 g/mol. The van der Waals surface area contributed by atoms with E-state index < -0.39 is 11.7 Å².